The molecule has 1 N–H and O–H groups in total. The van der Waals surface area contributed by atoms with Gasteiger partial charge in [-0.2, -0.15) is 0 Å². The molecule has 4 heteroatoms. The van der Waals surface area contributed by atoms with Gasteiger partial charge >= 0.3 is 0 Å². The highest BCUT2D eigenvalue weighted by molar-refractivity contribution is 5.15. The van der Waals surface area contributed by atoms with Crippen LogP contribution in [0.2, 0.25) is 0 Å². The molecule has 2 aliphatic heterocycles. The van der Waals surface area contributed by atoms with Gasteiger partial charge in [0.05, 0.1) is 12.1 Å². The van der Waals surface area contributed by atoms with Crippen LogP contribution in [0.5, 0.6) is 0 Å². The molecule has 21 heavy (non-hydrogen) atoms. The smallest absolute Gasteiger partial charge is 0.0625 e. The Bertz CT molecular complexity index is 466. The zero-order chi connectivity index (χ0) is 14.9. The summed E-state index contributed by atoms with van der Waals surface area (Å²) in [6, 6.07) is 11.2. The fourth-order valence-corrected chi connectivity index (χ4v) is 3.92. The molecule has 2 heterocycles. The van der Waals surface area contributed by atoms with Gasteiger partial charge in [0, 0.05) is 45.3 Å². The van der Waals surface area contributed by atoms with E-state index >= 15 is 0 Å². The Morgan fingerprint density at radius 3 is 2.67 bits per heavy atom. The van der Waals surface area contributed by atoms with E-state index in [1.54, 1.807) is 0 Å². The van der Waals surface area contributed by atoms with Gasteiger partial charge in [0.15, 0.2) is 0 Å². The highest BCUT2D eigenvalue weighted by Crippen LogP contribution is 2.28. The number of aliphatic hydroxyl groups excluding tert-OH is 1. The van der Waals surface area contributed by atoms with E-state index in [-0.39, 0.29) is 12.1 Å². The lowest BCUT2D eigenvalue weighted by Crippen LogP contribution is -2.71. The normalized spacial score (nSPS) is 32.0. The molecule has 3 rings (SSSR count). The monoisotopic (exact) mass is 289 g/mol. The van der Waals surface area contributed by atoms with Gasteiger partial charge in [-0.3, -0.25) is 9.80 Å². The number of fused-ring (bicyclic) bond motifs is 1. The van der Waals surface area contributed by atoms with Crippen LogP contribution in [0.15, 0.2) is 30.3 Å². The average molecular weight is 289 g/mol. The van der Waals surface area contributed by atoms with Gasteiger partial charge in [-0.15, -0.1) is 0 Å². The van der Waals surface area contributed by atoms with Crippen molar-refractivity contribution in [2.75, 3.05) is 46.4 Å². The number of piperazine rings is 2. The van der Waals surface area contributed by atoms with E-state index in [1.807, 2.05) is 0 Å². The first-order valence-corrected chi connectivity index (χ1v) is 7.93. The Balaban J connectivity index is 1.75. The van der Waals surface area contributed by atoms with Crippen molar-refractivity contribution in [3.63, 3.8) is 0 Å². The molecule has 1 aromatic carbocycles. The summed E-state index contributed by atoms with van der Waals surface area (Å²) < 4.78 is 0. The van der Waals surface area contributed by atoms with Crippen molar-refractivity contribution in [3.05, 3.63) is 35.9 Å². The van der Waals surface area contributed by atoms with Gasteiger partial charge in [-0.25, -0.2) is 0 Å². The van der Waals surface area contributed by atoms with Gasteiger partial charge in [0.1, 0.15) is 0 Å². The Morgan fingerprint density at radius 1 is 1.19 bits per heavy atom. The first kappa shape index (κ1) is 15.0. The zero-order valence-electron chi connectivity index (χ0n) is 13.2. The Hall–Kier alpha value is -0.940. The third-order valence-electron chi connectivity index (χ3n) is 5.00. The van der Waals surface area contributed by atoms with Crippen LogP contribution in [0.25, 0.3) is 0 Å². The SMILES string of the molecule is CN1CCN2C(C1)CN(Cc1ccccc1)CC2(C)CO. The van der Waals surface area contributed by atoms with E-state index in [2.05, 4.69) is 59.0 Å². The van der Waals surface area contributed by atoms with E-state index in [0.29, 0.717) is 6.04 Å². The summed E-state index contributed by atoms with van der Waals surface area (Å²) in [4.78, 5) is 7.45. The molecule has 2 fully saturated rings. The number of likely N-dealkylation sites (N-methyl/N-ethyl adjacent to an activating group) is 1. The predicted molar refractivity (Wildman–Crippen MR) is 85.2 cm³/mol. The lowest BCUT2D eigenvalue weighted by atomic mass is 9.91. The maximum absolute atomic E-state index is 9.96. The second-order valence-corrected chi connectivity index (χ2v) is 6.92. The quantitative estimate of drug-likeness (QED) is 0.894. The van der Waals surface area contributed by atoms with Crippen molar-refractivity contribution in [1.29, 1.82) is 0 Å². The Kier molecular flexibility index (Phi) is 4.31. The van der Waals surface area contributed by atoms with Crippen LogP contribution in [0, 0.1) is 0 Å². The average Bonchev–Trinajstić information content (AvgIpc) is 2.48. The molecule has 0 radical (unpaired) electrons. The molecule has 2 saturated heterocycles. The van der Waals surface area contributed by atoms with Crippen molar-refractivity contribution in [2.24, 2.45) is 0 Å². The third-order valence-corrected chi connectivity index (χ3v) is 5.00. The van der Waals surface area contributed by atoms with Gasteiger partial charge in [0.2, 0.25) is 0 Å². The molecule has 2 atom stereocenters. The summed E-state index contributed by atoms with van der Waals surface area (Å²) in [6.45, 7) is 8.72. The molecule has 2 unspecified atom stereocenters. The first-order chi connectivity index (χ1) is 10.1. The second kappa shape index (κ2) is 6.05. The largest absolute Gasteiger partial charge is 0.394 e. The number of benzene rings is 1. The third kappa shape index (κ3) is 3.14. The summed E-state index contributed by atoms with van der Waals surface area (Å²) in [5.41, 5.74) is 1.24. The molecule has 1 aromatic rings. The van der Waals surface area contributed by atoms with Crippen LogP contribution in [0.4, 0.5) is 0 Å². The summed E-state index contributed by atoms with van der Waals surface area (Å²) in [6.07, 6.45) is 0. The fraction of sp³-hybridized carbons (Fsp3) is 0.647. The Labute approximate surface area is 128 Å². The van der Waals surface area contributed by atoms with E-state index in [1.165, 1.54) is 5.56 Å². The maximum atomic E-state index is 9.96. The molecule has 0 aromatic heterocycles. The molecule has 0 bridgehead atoms. The van der Waals surface area contributed by atoms with E-state index in [4.69, 9.17) is 0 Å². The molecule has 0 aliphatic carbocycles. The number of hydrogen-bond donors (Lipinski definition) is 1. The van der Waals surface area contributed by atoms with Gasteiger partial charge < -0.3 is 10.0 Å². The molecule has 4 nitrogen and oxygen atoms in total. The predicted octanol–water partition coefficient (Wildman–Crippen LogP) is 0.869. The van der Waals surface area contributed by atoms with E-state index < -0.39 is 0 Å². The highest BCUT2D eigenvalue weighted by Gasteiger charge is 2.44. The second-order valence-electron chi connectivity index (χ2n) is 6.92. The van der Waals surface area contributed by atoms with Crippen molar-refractivity contribution in [3.8, 4) is 0 Å². The standard InChI is InChI=1S/C17H27N3O/c1-17(14-21)13-19(10-15-6-4-3-5-7-15)12-16-11-18(2)8-9-20(16)17/h3-7,16,21H,8-14H2,1-2H3. The number of aliphatic hydroxyl groups is 1. The topological polar surface area (TPSA) is 30.0 Å². The minimum absolute atomic E-state index is 0.112. The minimum Gasteiger partial charge on any atom is -0.394 e. The molecule has 2 aliphatic rings. The number of rotatable bonds is 3. The van der Waals surface area contributed by atoms with Gasteiger partial charge in [-0.1, -0.05) is 30.3 Å². The molecule has 0 amide bonds. The van der Waals surface area contributed by atoms with Crippen LogP contribution in [0.3, 0.4) is 0 Å². The van der Waals surface area contributed by atoms with Crippen molar-refractivity contribution in [1.82, 2.24) is 14.7 Å². The molecule has 116 valence electrons. The molecular weight excluding hydrogens is 262 g/mol. The van der Waals surface area contributed by atoms with Crippen LogP contribution in [-0.4, -0.2) is 77.8 Å². The summed E-state index contributed by atoms with van der Waals surface area (Å²) in [5, 5.41) is 9.96. The van der Waals surface area contributed by atoms with Crippen LogP contribution < -0.4 is 0 Å². The van der Waals surface area contributed by atoms with E-state index in [0.717, 1.165) is 39.3 Å². The molecule has 0 saturated carbocycles. The lowest BCUT2D eigenvalue weighted by Gasteiger charge is -2.56. The lowest BCUT2D eigenvalue weighted by molar-refractivity contribution is -0.0905. The zero-order valence-corrected chi connectivity index (χ0v) is 13.2. The maximum Gasteiger partial charge on any atom is 0.0625 e. The Morgan fingerprint density at radius 2 is 1.95 bits per heavy atom. The van der Waals surface area contributed by atoms with Crippen LogP contribution >= 0.6 is 0 Å². The van der Waals surface area contributed by atoms with Gasteiger partial charge in [-0.05, 0) is 19.5 Å². The first-order valence-electron chi connectivity index (χ1n) is 7.93. The number of nitrogens with zero attached hydrogens (tertiary/aromatic N) is 3. The van der Waals surface area contributed by atoms with Crippen molar-refractivity contribution in [2.45, 2.75) is 25.0 Å². The van der Waals surface area contributed by atoms with Crippen LogP contribution in [-0.2, 0) is 6.54 Å². The van der Waals surface area contributed by atoms with Crippen LogP contribution in [0.1, 0.15) is 12.5 Å². The highest BCUT2D eigenvalue weighted by atomic mass is 16.3. The van der Waals surface area contributed by atoms with Gasteiger partial charge in [0.25, 0.3) is 0 Å². The number of hydrogen-bond acceptors (Lipinski definition) is 4. The summed E-state index contributed by atoms with van der Waals surface area (Å²) >= 11 is 0. The summed E-state index contributed by atoms with van der Waals surface area (Å²) in [7, 11) is 2.20. The molecule has 0 spiro atoms. The van der Waals surface area contributed by atoms with Crippen molar-refractivity contribution >= 4 is 0 Å². The minimum atomic E-state index is -0.112. The van der Waals surface area contributed by atoms with E-state index in [9.17, 15) is 5.11 Å². The van der Waals surface area contributed by atoms with Crippen molar-refractivity contribution < 1.29 is 5.11 Å². The molecular formula is C17H27N3O. The fourth-order valence-electron chi connectivity index (χ4n) is 3.92. The summed E-state index contributed by atoms with van der Waals surface area (Å²) in [5.74, 6) is 0.